The molecule has 1 heterocycles. The van der Waals surface area contributed by atoms with Gasteiger partial charge in [0.2, 0.25) is 0 Å². The van der Waals surface area contributed by atoms with Crippen LogP contribution in [0.25, 0.3) is 0 Å². The van der Waals surface area contributed by atoms with Crippen LogP contribution in [0.2, 0.25) is 0 Å². The van der Waals surface area contributed by atoms with E-state index in [9.17, 15) is 0 Å². The molecule has 0 saturated carbocycles. The van der Waals surface area contributed by atoms with Crippen molar-refractivity contribution < 1.29 is 9.47 Å². The molecule has 0 bridgehead atoms. The van der Waals surface area contributed by atoms with Crippen LogP contribution < -0.4 is 5.73 Å². The minimum Gasteiger partial charge on any atom is -0.377 e. The van der Waals surface area contributed by atoms with Gasteiger partial charge >= 0.3 is 0 Å². The monoisotopic (exact) mass is 131 g/mol. The van der Waals surface area contributed by atoms with Crippen molar-refractivity contribution in [1.29, 1.82) is 0 Å². The summed E-state index contributed by atoms with van der Waals surface area (Å²) in [4.78, 5) is 0. The van der Waals surface area contributed by atoms with Crippen molar-refractivity contribution in [2.24, 2.45) is 5.73 Å². The van der Waals surface area contributed by atoms with Crippen LogP contribution in [0.15, 0.2) is 0 Å². The molecule has 0 aromatic carbocycles. The number of nitrogens with two attached hydrogens (primary N) is 1. The number of hydrogen-bond donors (Lipinski definition) is 1. The van der Waals surface area contributed by atoms with Gasteiger partial charge < -0.3 is 15.2 Å². The average molecular weight is 131 g/mol. The molecule has 0 aromatic heterocycles. The van der Waals surface area contributed by atoms with Crippen LogP contribution >= 0.6 is 0 Å². The van der Waals surface area contributed by atoms with Gasteiger partial charge in [0.05, 0.1) is 32.0 Å². The summed E-state index contributed by atoms with van der Waals surface area (Å²) in [6.07, 6.45) is 0. The third-order valence-electron chi connectivity index (χ3n) is 1.24. The third-order valence-corrected chi connectivity index (χ3v) is 1.24. The maximum Gasteiger partial charge on any atom is 0.0701 e. The molecule has 54 valence electrons. The van der Waals surface area contributed by atoms with Gasteiger partial charge in [-0.2, -0.15) is 0 Å². The molecule has 0 spiro atoms. The predicted molar refractivity (Wildman–Crippen MR) is 34.2 cm³/mol. The third kappa shape index (κ3) is 2.30. The highest BCUT2D eigenvalue weighted by Gasteiger charge is 2.20. The summed E-state index contributed by atoms with van der Waals surface area (Å²) in [5.74, 6) is 0. The first kappa shape index (κ1) is 6.99. The van der Waals surface area contributed by atoms with Gasteiger partial charge in [0.25, 0.3) is 0 Å². The normalized spacial score (nSPS) is 27.3. The van der Waals surface area contributed by atoms with Crippen molar-refractivity contribution in [3.05, 3.63) is 0 Å². The van der Waals surface area contributed by atoms with E-state index in [-0.39, 0.29) is 5.54 Å². The fraction of sp³-hybridized carbons (Fsp3) is 1.00. The van der Waals surface area contributed by atoms with Gasteiger partial charge in [-0.3, -0.25) is 0 Å². The standard InChI is InChI=1S/C6H13NO2/c1-6(7)4-8-2-3-9-5-6/h2-5,7H2,1H3. The van der Waals surface area contributed by atoms with E-state index in [1.807, 2.05) is 6.92 Å². The lowest BCUT2D eigenvalue weighted by Crippen LogP contribution is -2.44. The molecule has 1 aliphatic rings. The Morgan fingerprint density at radius 2 is 1.67 bits per heavy atom. The first-order chi connectivity index (χ1) is 4.21. The van der Waals surface area contributed by atoms with Crippen LogP contribution in [-0.2, 0) is 9.47 Å². The molecule has 1 rings (SSSR count). The van der Waals surface area contributed by atoms with Crippen LogP contribution in [-0.4, -0.2) is 32.0 Å². The fourth-order valence-electron chi connectivity index (χ4n) is 0.770. The summed E-state index contributed by atoms with van der Waals surface area (Å²) in [6, 6.07) is 0. The quantitative estimate of drug-likeness (QED) is 0.493. The van der Waals surface area contributed by atoms with Gasteiger partial charge in [0, 0.05) is 0 Å². The molecule has 0 aromatic rings. The second-order valence-electron chi connectivity index (χ2n) is 2.76. The topological polar surface area (TPSA) is 44.5 Å². The smallest absolute Gasteiger partial charge is 0.0701 e. The molecule has 1 fully saturated rings. The molecule has 0 atom stereocenters. The van der Waals surface area contributed by atoms with E-state index < -0.39 is 0 Å². The van der Waals surface area contributed by atoms with Crippen molar-refractivity contribution in [2.75, 3.05) is 26.4 Å². The van der Waals surface area contributed by atoms with Gasteiger partial charge in [-0.25, -0.2) is 0 Å². The summed E-state index contributed by atoms with van der Waals surface area (Å²) in [5, 5.41) is 0. The summed E-state index contributed by atoms with van der Waals surface area (Å²) in [7, 11) is 0. The van der Waals surface area contributed by atoms with Crippen molar-refractivity contribution >= 4 is 0 Å². The SMILES string of the molecule is CC1(N)COCCOC1. The number of ether oxygens (including phenoxy) is 2. The van der Waals surface area contributed by atoms with E-state index in [4.69, 9.17) is 15.2 Å². The second kappa shape index (κ2) is 2.64. The molecule has 1 saturated heterocycles. The number of hydrogen-bond acceptors (Lipinski definition) is 3. The van der Waals surface area contributed by atoms with Crippen LogP contribution in [0.4, 0.5) is 0 Å². The van der Waals surface area contributed by atoms with Gasteiger partial charge in [0.15, 0.2) is 0 Å². The largest absolute Gasteiger partial charge is 0.377 e. The lowest BCUT2D eigenvalue weighted by molar-refractivity contribution is 0.103. The Bertz CT molecular complexity index is 83.1. The zero-order valence-corrected chi connectivity index (χ0v) is 5.72. The first-order valence-electron chi connectivity index (χ1n) is 3.15. The lowest BCUT2D eigenvalue weighted by atomic mass is 10.1. The zero-order valence-electron chi connectivity index (χ0n) is 5.72. The zero-order chi connectivity index (χ0) is 6.74. The highest BCUT2D eigenvalue weighted by molar-refractivity contribution is 4.78. The van der Waals surface area contributed by atoms with Crippen molar-refractivity contribution in [3.63, 3.8) is 0 Å². The molecule has 1 aliphatic heterocycles. The molecule has 0 aliphatic carbocycles. The van der Waals surface area contributed by atoms with E-state index in [2.05, 4.69) is 0 Å². The fourth-order valence-corrected chi connectivity index (χ4v) is 0.770. The molecule has 3 nitrogen and oxygen atoms in total. The van der Waals surface area contributed by atoms with E-state index in [1.165, 1.54) is 0 Å². The molecule has 9 heavy (non-hydrogen) atoms. The lowest BCUT2D eigenvalue weighted by Gasteiger charge is -2.19. The molecular formula is C6H13NO2. The minimum absolute atomic E-state index is 0.281. The maximum atomic E-state index is 5.73. The van der Waals surface area contributed by atoms with Gasteiger partial charge in [-0.15, -0.1) is 0 Å². The van der Waals surface area contributed by atoms with Crippen LogP contribution in [0.1, 0.15) is 6.92 Å². The average Bonchev–Trinajstić information content (AvgIpc) is 1.92. The Kier molecular flexibility index (Phi) is 2.05. The Labute approximate surface area is 55.1 Å². The van der Waals surface area contributed by atoms with Crippen LogP contribution in [0.5, 0.6) is 0 Å². The highest BCUT2D eigenvalue weighted by atomic mass is 16.5. The van der Waals surface area contributed by atoms with Crippen LogP contribution in [0.3, 0.4) is 0 Å². The Balaban J connectivity index is 2.36. The summed E-state index contributed by atoms with van der Waals surface area (Å²) in [5.41, 5.74) is 5.45. The molecule has 0 unspecified atom stereocenters. The molecular weight excluding hydrogens is 118 g/mol. The van der Waals surface area contributed by atoms with Gasteiger partial charge in [0.1, 0.15) is 0 Å². The summed E-state index contributed by atoms with van der Waals surface area (Å²) in [6.45, 7) is 4.48. The highest BCUT2D eigenvalue weighted by Crippen LogP contribution is 2.03. The Morgan fingerprint density at radius 3 is 2.11 bits per heavy atom. The van der Waals surface area contributed by atoms with Crippen molar-refractivity contribution in [1.82, 2.24) is 0 Å². The molecule has 3 heteroatoms. The number of rotatable bonds is 0. The maximum absolute atomic E-state index is 5.73. The van der Waals surface area contributed by atoms with E-state index >= 15 is 0 Å². The molecule has 0 amide bonds. The predicted octanol–water partition coefficient (Wildman–Crippen LogP) is -0.249. The molecule has 0 radical (unpaired) electrons. The van der Waals surface area contributed by atoms with Crippen LogP contribution in [0, 0.1) is 0 Å². The first-order valence-corrected chi connectivity index (χ1v) is 3.15. The second-order valence-corrected chi connectivity index (χ2v) is 2.76. The van der Waals surface area contributed by atoms with Crippen molar-refractivity contribution in [2.45, 2.75) is 12.5 Å². The van der Waals surface area contributed by atoms with Gasteiger partial charge in [-0.05, 0) is 6.92 Å². The Hall–Kier alpha value is -0.120. The summed E-state index contributed by atoms with van der Waals surface area (Å²) < 4.78 is 10.3. The van der Waals surface area contributed by atoms with Gasteiger partial charge in [-0.1, -0.05) is 0 Å². The van der Waals surface area contributed by atoms with E-state index in [0.717, 1.165) is 0 Å². The minimum atomic E-state index is -0.281. The Morgan fingerprint density at radius 1 is 1.22 bits per heavy atom. The summed E-state index contributed by atoms with van der Waals surface area (Å²) >= 11 is 0. The van der Waals surface area contributed by atoms with Crippen molar-refractivity contribution in [3.8, 4) is 0 Å². The van der Waals surface area contributed by atoms with E-state index in [0.29, 0.717) is 26.4 Å². The van der Waals surface area contributed by atoms with E-state index in [1.54, 1.807) is 0 Å². The molecule has 2 N–H and O–H groups in total.